The van der Waals surface area contributed by atoms with Gasteiger partial charge in [-0.15, -0.1) is 0 Å². The number of carbonyl (C=O) groups excluding carboxylic acids is 2. The Morgan fingerprint density at radius 1 is 1.11 bits per heavy atom. The molecule has 112 valence electrons. The van der Waals surface area contributed by atoms with Crippen LogP contribution in [0, 0.1) is 0 Å². The Balaban J connectivity index is 3.63. The first-order valence-electron chi connectivity index (χ1n) is 6.80. The van der Waals surface area contributed by atoms with E-state index < -0.39 is 5.60 Å². The van der Waals surface area contributed by atoms with Crippen molar-refractivity contribution in [3.05, 3.63) is 0 Å². The molecule has 0 radical (unpaired) electrons. The standard InChI is InChI=1S/C14H27NO4/c1-6-18-13(17)11-15(5)10-8-7-9-12(16)19-14(2,3)4/h6-11H2,1-5H3. The van der Waals surface area contributed by atoms with Crippen LogP contribution >= 0.6 is 0 Å². The second-order valence-corrected chi connectivity index (χ2v) is 5.59. The molecule has 0 bridgehead atoms. The third-order valence-corrected chi connectivity index (χ3v) is 2.30. The van der Waals surface area contributed by atoms with Crippen molar-refractivity contribution in [1.82, 2.24) is 4.90 Å². The average Bonchev–Trinajstić information content (AvgIpc) is 2.22. The molecular weight excluding hydrogens is 246 g/mol. The van der Waals surface area contributed by atoms with E-state index in [1.165, 1.54) is 0 Å². The second kappa shape index (κ2) is 8.91. The van der Waals surface area contributed by atoms with Crippen LogP contribution in [0.15, 0.2) is 0 Å². The molecule has 0 N–H and O–H groups in total. The summed E-state index contributed by atoms with van der Waals surface area (Å²) in [4.78, 5) is 24.6. The van der Waals surface area contributed by atoms with Gasteiger partial charge in [-0.25, -0.2) is 0 Å². The van der Waals surface area contributed by atoms with E-state index in [4.69, 9.17) is 9.47 Å². The number of unbranched alkanes of at least 4 members (excludes halogenated alkanes) is 1. The highest BCUT2D eigenvalue weighted by atomic mass is 16.6. The average molecular weight is 273 g/mol. The summed E-state index contributed by atoms with van der Waals surface area (Å²) in [5.41, 5.74) is -0.419. The lowest BCUT2D eigenvalue weighted by Crippen LogP contribution is -2.28. The van der Waals surface area contributed by atoms with E-state index in [9.17, 15) is 9.59 Å². The molecule has 0 saturated carbocycles. The molecule has 5 nitrogen and oxygen atoms in total. The predicted octanol–water partition coefficient (Wildman–Crippen LogP) is 1.99. The molecular formula is C14H27NO4. The molecule has 0 fully saturated rings. The van der Waals surface area contributed by atoms with Crippen LogP contribution < -0.4 is 0 Å². The highest BCUT2D eigenvalue weighted by Gasteiger charge is 2.15. The monoisotopic (exact) mass is 273 g/mol. The van der Waals surface area contributed by atoms with Crippen molar-refractivity contribution in [2.45, 2.75) is 52.6 Å². The number of carbonyl (C=O) groups is 2. The molecule has 0 atom stereocenters. The van der Waals surface area contributed by atoms with Crippen molar-refractivity contribution in [1.29, 1.82) is 0 Å². The van der Waals surface area contributed by atoms with Crippen LogP contribution in [-0.2, 0) is 19.1 Å². The van der Waals surface area contributed by atoms with Gasteiger partial charge in [-0.1, -0.05) is 0 Å². The number of ether oxygens (including phenoxy) is 2. The van der Waals surface area contributed by atoms with Crippen LogP contribution in [0.2, 0.25) is 0 Å². The topological polar surface area (TPSA) is 55.8 Å². The van der Waals surface area contributed by atoms with E-state index in [1.54, 1.807) is 6.92 Å². The molecule has 0 aromatic rings. The molecule has 0 amide bonds. The molecule has 0 aliphatic heterocycles. The molecule has 0 aromatic carbocycles. The van der Waals surface area contributed by atoms with E-state index in [1.807, 2.05) is 32.7 Å². The van der Waals surface area contributed by atoms with E-state index >= 15 is 0 Å². The van der Waals surface area contributed by atoms with Crippen molar-refractivity contribution in [2.75, 3.05) is 26.7 Å². The van der Waals surface area contributed by atoms with Gasteiger partial charge in [0, 0.05) is 6.42 Å². The fraction of sp³-hybridized carbons (Fsp3) is 0.857. The van der Waals surface area contributed by atoms with Gasteiger partial charge in [-0.05, 0) is 54.1 Å². The lowest BCUT2D eigenvalue weighted by Gasteiger charge is -2.19. The van der Waals surface area contributed by atoms with E-state index in [0.717, 1.165) is 19.4 Å². The molecule has 0 aromatic heterocycles. The zero-order valence-electron chi connectivity index (χ0n) is 12.8. The van der Waals surface area contributed by atoms with Gasteiger partial charge in [0.1, 0.15) is 5.60 Å². The zero-order valence-corrected chi connectivity index (χ0v) is 12.8. The van der Waals surface area contributed by atoms with Crippen LogP contribution in [0.4, 0.5) is 0 Å². The van der Waals surface area contributed by atoms with Crippen LogP contribution in [0.3, 0.4) is 0 Å². The highest BCUT2D eigenvalue weighted by Crippen LogP contribution is 2.09. The van der Waals surface area contributed by atoms with Gasteiger partial charge in [0.2, 0.25) is 0 Å². The number of rotatable bonds is 8. The summed E-state index contributed by atoms with van der Waals surface area (Å²) in [6.07, 6.45) is 2.04. The summed E-state index contributed by atoms with van der Waals surface area (Å²) in [7, 11) is 1.87. The Bertz CT molecular complexity index is 284. The summed E-state index contributed by atoms with van der Waals surface area (Å²) in [5, 5.41) is 0. The molecule has 5 heteroatoms. The third kappa shape index (κ3) is 11.7. The summed E-state index contributed by atoms with van der Waals surface area (Å²) in [6.45, 7) is 8.83. The lowest BCUT2D eigenvalue weighted by molar-refractivity contribution is -0.155. The molecule has 0 unspecified atom stereocenters. The van der Waals surface area contributed by atoms with Gasteiger partial charge >= 0.3 is 11.9 Å². The maximum absolute atomic E-state index is 11.5. The summed E-state index contributed by atoms with van der Waals surface area (Å²) in [6, 6.07) is 0. The SMILES string of the molecule is CCOC(=O)CN(C)CCCCC(=O)OC(C)(C)C. The Labute approximate surface area is 116 Å². The molecule has 0 rings (SSSR count). The first-order chi connectivity index (χ1) is 8.74. The van der Waals surface area contributed by atoms with Crippen molar-refractivity contribution < 1.29 is 19.1 Å². The highest BCUT2D eigenvalue weighted by molar-refractivity contribution is 5.71. The minimum absolute atomic E-state index is 0.166. The predicted molar refractivity (Wildman–Crippen MR) is 73.8 cm³/mol. The largest absolute Gasteiger partial charge is 0.465 e. The van der Waals surface area contributed by atoms with Gasteiger partial charge < -0.3 is 9.47 Å². The van der Waals surface area contributed by atoms with Crippen LogP contribution in [0.5, 0.6) is 0 Å². The molecule has 0 spiro atoms. The maximum Gasteiger partial charge on any atom is 0.320 e. The molecule has 0 heterocycles. The van der Waals surface area contributed by atoms with Crippen LogP contribution in [-0.4, -0.2) is 49.2 Å². The number of likely N-dealkylation sites (N-methyl/N-ethyl adjacent to an activating group) is 1. The van der Waals surface area contributed by atoms with Gasteiger partial charge in [-0.2, -0.15) is 0 Å². The molecule has 0 aliphatic rings. The Hall–Kier alpha value is -1.10. The van der Waals surface area contributed by atoms with E-state index in [0.29, 0.717) is 19.6 Å². The van der Waals surface area contributed by atoms with Crippen LogP contribution in [0.1, 0.15) is 47.0 Å². The number of esters is 2. The molecule has 19 heavy (non-hydrogen) atoms. The zero-order chi connectivity index (χ0) is 14.9. The fourth-order valence-corrected chi connectivity index (χ4v) is 1.55. The van der Waals surface area contributed by atoms with Crippen molar-refractivity contribution in [3.8, 4) is 0 Å². The van der Waals surface area contributed by atoms with Crippen molar-refractivity contribution in [3.63, 3.8) is 0 Å². The minimum Gasteiger partial charge on any atom is -0.465 e. The van der Waals surface area contributed by atoms with Crippen molar-refractivity contribution in [2.24, 2.45) is 0 Å². The fourth-order valence-electron chi connectivity index (χ4n) is 1.55. The van der Waals surface area contributed by atoms with Gasteiger partial charge in [-0.3, -0.25) is 14.5 Å². The second-order valence-electron chi connectivity index (χ2n) is 5.59. The number of hydrogen-bond donors (Lipinski definition) is 0. The van der Waals surface area contributed by atoms with E-state index in [-0.39, 0.29) is 11.9 Å². The maximum atomic E-state index is 11.5. The van der Waals surface area contributed by atoms with E-state index in [2.05, 4.69) is 0 Å². The van der Waals surface area contributed by atoms with Gasteiger partial charge in [0.15, 0.2) is 0 Å². The Morgan fingerprint density at radius 3 is 2.26 bits per heavy atom. The quantitative estimate of drug-likeness (QED) is 0.500. The van der Waals surface area contributed by atoms with Gasteiger partial charge in [0.05, 0.1) is 13.2 Å². The lowest BCUT2D eigenvalue weighted by atomic mass is 10.2. The van der Waals surface area contributed by atoms with Crippen LogP contribution in [0.25, 0.3) is 0 Å². The third-order valence-electron chi connectivity index (χ3n) is 2.30. The first-order valence-corrected chi connectivity index (χ1v) is 6.80. The Kier molecular flexibility index (Phi) is 8.39. The summed E-state index contributed by atoms with van der Waals surface area (Å²) >= 11 is 0. The molecule has 0 aliphatic carbocycles. The number of nitrogens with zero attached hydrogens (tertiary/aromatic N) is 1. The normalized spacial score (nSPS) is 11.5. The number of hydrogen-bond acceptors (Lipinski definition) is 5. The first kappa shape index (κ1) is 17.9. The Morgan fingerprint density at radius 2 is 1.74 bits per heavy atom. The van der Waals surface area contributed by atoms with Crippen molar-refractivity contribution >= 4 is 11.9 Å². The smallest absolute Gasteiger partial charge is 0.320 e. The molecule has 0 saturated heterocycles. The summed E-state index contributed by atoms with van der Waals surface area (Å²) < 4.78 is 10.1. The van der Waals surface area contributed by atoms with Gasteiger partial charge in [0.25, 0.3) is 0 Å². The minimum atomic E-state index is -0.419. The summed E-state index contributed by atoms with van der Waals surface area (Å²) in [5.74, 6) is -0.377.